The van der Waals surface area contributed by atoms with E-state index in [1.54, 1.807) is 30.2 Å². The van der Waals surface area contributed by atoms with Gasteiger partial charge in [0.25, 0.3) is 5.91 Å². The van der Waals surface area contributed by atoms with E-state index in [4.69, 9.17) is 5.26 Å². The molecule has 5 nitrogen and oxygen atoms in total. The van der Waals surface area contributed by atoms with Crippen molar-refractivity contribution in [1.82, 2.24) is 15.1 Å². The zero-order valence-electron chi connectivity index (χ0n) is 10.4. The molecule has 1 aliphatic rings. The summed E-state index contributed by atoms with van der Waals surface area (Å²) in [7, 11) is 1.79. The molecule has 2 rings (SSSR count). The Morgan fingerprint density at radius 2 is 2.33 bits per heavy atom. The quantitative estimate of drug-likeness (QED) is 0.645. The maximum absolute atomic E-state index is 11.9. The highest BCUT2D eigenvalue weighted by Crippen LogP contribution is 2.18. The Kier molecular flexibility index (Phi) is 3.78. The summed E-state index contributed by atoms with van der Waals surface area (Å²) in [4.78, 5) is 11.9. The molecule has 0 saturated heterocycles. The van der Waals surface area contributed by atoms with Crippen LogP contribution in [-0.4, -0.2) is 21.7 Å². The van der Waals surface area contributed by atoms with Crippen LogP contribution in [0.25, 0.3) is 6.08 Å². The number of nitrogens with one attached hydrogen (secondary N) is 1. The van der Waals surface area contributed by atoms with Gasteiger partial charge in [-0.2, -0.15) is 10.4 Å². The van der Waals surface area contributed by atoms with Gasteiger partial charge in [0.05, 0.1) is 6.20 Å². The molecular formula is C13H16N4O. The Morgan fingerprint density at radius 3 is 2.89 bits per heavy atom. The van der Waals surface area contributed by atoms with Crippen LogP contribution in [0.4, 0.5) is 0 Å². The van der Waals surface area contributed by atoms with Gasteiger partial charge in [0.15, 0.2) is 0 Å². The Labute approximate surface area is 106 Å². The Balaban J connectivity index is 2.06. The third-order valence-corrected chi connectivity index (χ3v) is 3.09. The van der Waals surface area contributed by atoms with E-state index in [0.717, 1.165) is 31.2 Å². The second-order valence-electron chi connectivity index (χ2n) is 4.57. The number of carbonyl (C=O) groups excluding carboxylic acids is 1. The second-order valence-corrected chi connectivity index (χ2v) is 4.57. The average molecular weight is 244 g/mol. The van der Waals surface area contributed by atoms with Crippen LogP contribution in [0.2, 0.25) is 0 Å². The number of nitrogens with zero attached hydrogens (tertiary/aromatic N) is 3. The molecule has 0 atom stereocenters. The van der Waals surface area contributed by atoms with E-state index in [0.29, 0.717) is 0 Å². The van der Waals surface area contributed by atoms with E-state index in [2.05, 4.69) is 10.4 Å². The van der Waals surface area contributed by atoms with Crippen LogP contribution < -0.4 is 5.32 Å². The highest BCUT2D eigenvalue weighted by molar-refractivity contribution is 6.01. The number of hydrogen-bond donors (Lipinski definition) is 1. The molecule has 0 spiro atoms. The molecule has 1 aromatic rings. The van der Waals surface area contributed by atoms with Crippen LogP contribution in [0.1, 0.15) is 31.2 Å². The normalized spacial score (nSPS) is 16.6. The van der Waals surface area contributed by atoms with E-state index >= 15 is 0 Å². The van der Waals surface area contributed by atoms with Gasteiger partial charge in [-0.15, -0.1) is 0 Å². The number of aromatic nitrogens is 2. The van der Waals surface area contributed by atoms with Crippen molar-refractivity contribution in [2.45, 2.75) is 31.7 Å². The zero-order chi connectivity index (χ0) is 13.0. The molecule has 0 aliphatic heterocycles. The lowest BCUT2D eigenvalue weighted by Crippen LogP contribution is -2.33. The Hall–Kier alpha value is -2.09. The van der Waals surface area contributed by atoms with Crippen LogP contribution in [0.3, 0.4) is 0 Å². The topological polar surface area (TPSA) is 70.7 Å². The van der Waals surface area contributed by atoms with Crippen molar-refractivity contribution in [3.05, 3.63) is 23.5 Å². The molecule has 1 saturated carbocycles. The van der Waals surface area contributed by atoms with Gasteiger partial charge in [-0.25, -0.2) is 0 Å². The van der Waals surface area contributed by atoms with E-state index in [1.165, 1.54) is 0 Å². The number of carbonyl (C=O) groups is 1. The van der Waals surface area contributed by atoms with Crippen molar-refractivity contribution >= 4 is 12.0 Å². The fourth-order valence-corrected chi connectivity index (χ4v) is 2.16. The summed E-state index contributed by atoms with van der Waals surface area (Å²) in [5, 5.41) is 15.9. The van der Waals surface area contributed by atoms with Gasteiger partial charge in [0.1, 0.15) is 11.6 Å². The highest BCUT2D eigenvalue weighted by Gasteiger charge is 2.19. The Morgan fingerprint density at radius 1 is 1.61 bits per heavy atom. The standard InChI is InChI=1S/C13H16N4O/c1-17-9-10(8-15-17)6-11(7-14)13(18)16-12-4-2-3-5-12/h6,8-9,12H,2-5H2,1H3,(H,16,18)/b11-6+. The summed E-state index contributed by atoms with van der Waals surface area (Å²) in [6, 6.07) is 2.17. The first kappa shape index (κ1) is 12.4. The predicted molar refractivity (Wildman–Crippen MR) is 67.2 cm³/mol. The number of amides is 1. The molecule has 0 bridgehead atoms. The third-order valence-electron chi connectivity index (χ3n) is 3.09. The van der Waals surface area contributed by atoms with Gasteiger partial charge in [0, 0.05) is 24.8 Å². The predicted octanol–water partition coefficient (Wildman–Crippen LogP) is 1.39. The van der Waals surface area contributed by atoms with Crippen LogP contribution >= 0.6 is 0 Å². The summed E-state index contributed by atoms with van der Waals surface area (Å²) < 4.78 is 1.63. The zero-order valence-corrected chi connectivity index (χ0v) is 10.4. The fourth-order valence-electron chi connectivity index (χ4n) is 2.16. The van der Waals surface area contributed by atoms with Gasteiger partial charge in [-0.1, -0.05) is 12.8 Å². The van der Waals surface area contributed by atoms with Crippen LogP contribution in [-0.2, 0) is 11.8 Å². The summed E-state index contributed by atoms with van der Waals surface area (Å²) in [5.74, 6) is -0.284. The molecule has 94 valence electrons. The van der Waals surface area contributed by atoms with Crippen molar-refractivity contribution in [2.75, 3.05) is 0 Å². The molecule has 18 heavy (non-hydrogen) atoms. The maximum Gasteiger partial charge on any atom is 0.262 e. The molecule has 0 radical (unpaired) electrons. The van der Waals surface area contributed by atoms with Crippen molar-refractivity contribution in [3.8, 4) is 6.07 Å². The number of hydrogen-bond acceptors (Lipinski definition) is 3. The van der Waals surface area contributed by atoms with Crippen molar-refractivity contribution < 1.29 is 4.79 Å². The molecule has 1 aliphatic carbocycles. The first-order valence-electron chi connectivity index (χ1n) is 6.10. The molecule has 1 amide bonds. The molecule has 1 N–H and O–H groups in total. The van der Waals surface area contributed by atoms with E-state index < -0.39 is 0 Å². The largest absolute Gasteiger partial charge is 0.349 e. The first-order valence-corrected chi connectivity index (χ1v) is 6.10. The number of rotatable bonds is 3. The summed E-state index contributed by atoms with van der Waals surface area (Å²) >= 11 is 0. The summed E-state index contributed by atoms with van der Waals surface area (Å²) in [6.45, 7) is 0. The van der Waals surface area contributed by atoms with Crippen LogP contribution in [0, 0.1) is 11.3 Å². The van der Waals surface area contributed by atoms with Crippen LogP contribution in [0.5, 0.6) is 0 Å². The first-order chi connectivity index (χ1) is 8.69. The third kappa shape index (κ3) is 2.98. The molecule has 1 fully saturated rings. The minimum Gasteiger partial charge on any atom is -0.349 e. The monoisotopic (exact) mass is 244 g/mol. The average Bonchev–Trinajstić information content (AvgIpc) is 2.97. The van der Waals surface area contributed by atoms with E-state index in [-0.39, 0.29) is 17.5 Å². The van der Waals surface area contributed by atoms with Crippen molar-refractivity contribution in [3.63, 3.8) is 0 Å². The molecule has 5 heteroatoms. The van der Waals surface area contributed by atoms with Crippen molar-refractivity contribution in [1.29, 1.82) is 5.26 Å². The van der Waals surface area contributed by atoms with E-state index in [9.17, 15) is 4.79 Å². The minimum atomic E-state index is -0.284. The van der Waals surface area contributed by atoms with Gasteiger partial charge in [-0.05, 0) is 18.9 Å². The Bertz CT molecular complexity index is 503. The molecule has 0 unspecified atom stereocenters. The molecular weight excluding hydrogens is 228 g/mol. The van der Waals surface area contributed by atoms with Crippen molar-refractivity contribution in [2.24, 2.45) is 7.05 Å². The van der Waals surface area contributed by atoms with Crippen LogP contribution in [0.15, 0.2) is 18.0 Å². The smallest absolute Gasteiger partial charge is 0.262 e. The maximum atomic E-state index is 11.9. The lowest BCUT2D eigenvalue weighted by molar-refractivity contribution is -0.117. The highest BCUT2D eigenvalue weighted by atomic mass is 16.1. The lowest BCUT2D eigenvalue weighted by Gasteiger charge is -2.10. The summed E-state index contributed by atoms with van der Waals surface area (Å²) in [5.41, 5.74) is 0.894. The second kappa shape index (κ2) is 5.50. The molecule has 1 aromatic heterocycles. The van der Waals surface area contributed by atoms with Gasteiger partial charge in [0.2, 0.25) is 0 Å². The number of aryl methyl sites for hydroxylation is 1. The lowest BCUT2D eigenvalue weighted by atomic mass is 10.1. The van der Waals surface area contributed by atoms with E-state index in [1.807, 2.05) is 6.07 Å². The SMILES string of the molecule is Cn1cc(/C=C(\C#N)C(=O)NC2CCCC2)cn1. The molecule has 0 aromatic carbocycles. The van der Waals surface area contributed by atoms with Gasteiger partial charge < -0.3 is 5.32 Å². The van der Waals surface area contributed by atoms with Gasteiger partial charge in [-0.3, -0.25) is 9.48 Å². The van der Waals surface area contributed by atoms with Gasteiger partial charge >= 0.3 is 0 Å². The fraction of sp³-hybridized carbons (Fsp3) is 0.462. The summed E-state index contributed by atoms with van der Waals surface area (Å²) in [6.07, 6.45) is 9.28. The molecule has 1 heterocycles. The minimum absolute atomic E-state index is 0.134. The number of nitriles is 1.